The average Bonchev–Trinajstić information content (AvgIpc) is 2.84. The smallest absolute Gasteiger partial charge is 0.338 e. The Kier molecular flexibility index (Phi) is 6.49. The van der Waals surface area contributed by atoms with E-state index in [1.807, 2.05) is 32.0 Å². The van der Waals surface area contributed by atoms with Crippen LogP contribution in [0.2, 0.25) is 0 Å². The summed E-state index contributed by atoms with van der Waals surface area (Å²) >= 11 is 0. The molecule has 0 unspecified atom stereocenters. The summed E-state index contributed by atoms with van der Waals surface area (Å²) < 4.78 is 5.11. The molecule has 2 N–H and O–H groups in total. The van der Waals surface area contributed by atoms with Crippen LogP contribution in [-0.2, 0) is 14.3 Å². The number of hydrogen-bond acceptors (Lipinski definition) is 5. The highest BCUT2D eigenvalue weighted by molar-refractivity contribution is 6.05. The Hall–Kier alpha value is -3.35. The first-order valence-corrected chi connectivity index (χ1v) is 9.71. The zero-order valence-corrected chi connectivity index (χ0v) is 16.6. The van der Waals surface area contributed by atoms with E-state index in [1.165, 1.54) is 0 Å². The van der Waals surface area contributed by atoms with E-state index in [1.54, 1.807) is 35.2 Å². The molecule has 2 aromatic carbocycles. The quantitative estimate of drug-likeness (QED) is 0.732. The van der Waals surface area contributed by atoms with Crippen molar-refractivity contribution in [2.45, 2.75) is 32.7 Å². The molecule has 1 aliphatic heterocycles. The number of amides is 2. The van der Waals surface area contributed by atoms with E-state index < -0.39 is 0 Å². The highest BCUT2D eigenvalue weighted by Crippen LogP contribution is 2.31. The van der Waals surface area contributed by atoms with Crippen molar-refractivity contribution in [1.82, 2.24) is 0 Å². The van der Waals surface area contributed by atoms with Gasteiger partial charge in [0.1, 0.15) is 0 Å². The lowest BCUT2D eigenvalue weighted by Crippen LogP contribution is -2.42. The van der Waals surface area contributed by atoms with Crippen LogP contribution in [0.25, 0.3) is 0 Å². The molecule has 1 heterocycles. The Morgan fingerprint density at radius 2 is 1.90 bits per heavy atom. The molecule has 0 aliphatic carbocycles. The van der Waals surface area contributed by atoms with Crippen LogP contribution in [0.15, 0.2) is 48.5 Å². The molecule has 29 heavy (non-hydrogen) atoms. The van der Waals surface area contributed by atoms with Crippen LogP contribution < -0.4 is 15.5 Å². The molecule has 1 aliphatic rings. The Balaban J connectivity index is 1.67. The molecule has 7 nitrogen and oxygen atoms in total. The largest absolute Gasteiger partial charge is 0.462 e. The van der Waals surface area contributed by atoms with Crippen LogP contribution in [0.5, 0.6) is 0 Å². The third kappa shape index (κ3) is 4.93. The van der Waals surface area contributed by atoms with E-state index in [2.05, 4.69) is 10.6 Å². The van der Waals surface area contributed by atoms with Crippen molar-refractivity contribution in [1.29, 1.82) is 0 Å². The molecule has 152 valence electrons. The van der Waals surface area contributed by atoms with Crippen molar-refractivity contribution in [3.8, 4) is 0 Å². The number of ether oxygens (including phenoxy) is 1. The van der Waals surface area contributed by atoms with Crippen molar-refractivity contribution < 1.29 is 19.1 Å². The van der Waals surface area contributed by atoms with Crippen LogP contribution in [0, 0.1) is 0 Å². The lowest BCUT2D eigenvalue weighted by molar-refractivity contribution is -0.118. The van der Waals surface area contributed by atoms with Gasteiger partial charge < -0.3 is 20.3 Å². The van der Waals surface area contributed by atoms with Crippen LogP contribution >= 0.6 is 0 Å². The number of rotatable bonds is 6. The number of anilines is 3. The van der Waals surface area contributed by atoms with Crippen molar-refractivity contribution in [3.63, 3.8) is 0 Å². The monoisotopic (exact) mass is 395 g/mol. The van der Waals surface area contributed by atoms with E-state index in [4.69, 9.17) is 4.74 Å². The van der Waals surface area contributed by atoms with Gasteiger partial charge in [0.15, 0.2) is 0 Å². The molecule has 0 spiro atoms. The minimum Gasteiger partial charge on any atom is -0.462 e. The maximum atomic E-state index is 12.9. The van der Waals surface area contributed by atoms with E-state index >= 15 is 0 Å². The third-order valence-electron chi connectivity index (χ3n) is 4.63. The summed E-state index contributed by atoms with van der Waals surface area (Å²) in [4.78, 5) is 38.5. The minimum atomic E-state index is -0.360. The second-order valence-corrected chi connectivity index (χ2v) is 6.95. The Morgan fingerprint density at radius 1 is 1.17 bits per heavy atom. The number of nitrogens with zero attached hydrogens (tertiary/aromatic N) is 1. The summed E-state index contributed by atoms with van der Waals surface area (Å²) in [5, 5.41) is 5.93. The molecule has 2 amide bonds. The fourth-order valence-electron chi connectivity index (χ4n) is 3.23. The summed E-state index contributed by atoms with van der Waals surface area (Å²) in [6, 6.07) is 13.8. The second kappa shape index (κ2) is 9.23. The number of nitrogens with one attached hydrogen (secondary N) is 2. The van der Waals surface area contributed by atoms with Gasteiger partial charge in [-0.2, -0.15) is 0 Å². The number of carbonyl (C=O) groups is 3. The fourth-order valence-corrected chi connectivity index (χ4v) is 3.23. The zero-order valence-electron chi connectivity index (χ0n) is 16.6. The van der Waals surface area contributed by atoms with Gasteiger partial charge in [0, 0.05) is 18.2 Å². The average molecular weight is 395 g/mol. The maximum absolute atomic E-state index is 12.9. The van der Waals surface area contributed by atoms with E-state index in [9.17, 15) is 14.4 Å². The van der Waals surface area contributed by atoms with Gasteiger partial charge in [-0.15, -0.1) is 0 Å². The molecular formula is C22H25N3O4. The van der Waals surface area contributed by atoms with Gasteiger partial charge in [0.25, 0.3) is 0 Å². The highest BCUT2D eigenvalue weighted by atomic mass is 16.5. The van der Waals surface area contributed by atoms with Gasteiger partial charge in [0.2, 0.25) is 11.8 Å². The SMILES string of the molecule is CCCOC(=O)c1ccc(NCC(=O)N2c3ccccc3NC(=O)C[C@H]2C)cc1. The number of benzene rings is 2. The van der Waals surface area contributed by atoms with Crippen molar-refractivity contribution in [3.05, 3.63) is 54.1 Å². The van der Waals surface area contributed by atoms with Gasteiger partial charge in [-0.1, -0.05) is 19.1 Å². The Labute approximate surface area is 170 Å². The molecule has 7 heteroatoms. The molecule has 1 atom stereocenters. The predicted molar refractivity (Wildman–Crippen MR) is 112 cm³/mol. The summed E-state index contributed by atoms with van der Waals surface area (Å²) in [6.45, 7) is 4.25. The van der Waals surface area contributed by atoms with Crippen LogP contribution in [-0.4, -0.2) is 37.0 Å². The zero-order chi connectivity index (χ0) is 20.8. The Morgan fingerprint density at radius 3 is 2.62 bits per heavy atom. The molecule has 0 saturated carbocycles. The standard InChI is InChI=1S/C22H25N3O4/c1-3-12-29-22(28)16-8-10-17(11-9-16)23-14-21(27)25-15(2)13-20(26)24-18-6-4-5-7-19(18)25/h4-11,15,23H,3,12-14H2,1-2H3,(H,24,26)/t15-/m1/s1. The second-order valence-electron chi connectivity index (χ2n) is 6.95. The van der Waals surface area contributed by atoms with Crippen molar-refractivity contribution >= 4 is 34.8 Å². The third-order valence-corrected chi connectivity index (χ3v) is 4.63. The molecule has 0 radical (unpaired) electrons. The molecule has 2 aromatic rings. The van der Waals surface area contributed by atoms with Gasteiger partial charge in [0.05, 0.1) is 30.1 Å². The van der Waals surface area contributed by atoms with Gasteiger partial charge in [-0.05, 0) is 49.7 Å². The van der Waals surface area contributed by atoms with Gasteiger partial charge >= 0.3 is 5.97 Å². The first-order chi connectivity index (χ1) is 14.0. The van der Waals surface area contributed by atoms with Crippen molar-refractivity contribution in [2.75, 3.05) is 28.7 Å². The highest BCUT2D eigenvalue weighted by Gasteiger charge is 2.29. The molecule has 0 aromatic heterocycles. The van der Waals surface area contributed by atoms with Gasteiger partial charge in [-0.25, -0.2) is 4.79 Å². The summed E-state index contributed by atoms with van der Waals surface area (Å²) in [5.41, 5.74) is 2.50. The van der Waals surface area contributed by atoms with Crippen LogP contribution in [0.3, 0.4) is 0 Å². The van der Waals surface area contributed by atoms with E-state index in [0.29, 0.717) is 23.5 Å². The van der Waals surface area contributed by atoms with Crippen LogP contribution in [0.1, 0.15) is 37.0 Å². The van der Waals surface area contributed by atoms with E-state index in [0.717, 1.165) is 12.1 Å². The minimum absolute atomic E-state index is 0.0620. The first-order valence-electron chi connectivity index (χ1n) is 9.71. The summed E-state index contributed by atoms with van der Waals surface area (Å²) in [5.74, 6) is -0.617. The normalized spacial score (nSPS) is 15.7. The number of carbonyl (C=O) groups excluding carboxylic acids is 3. The maximum Gasteiger partial charge on any atom is 0.338 e. The lowest BCUT2D eigenvalue weighted by atomic mass is 10.1. The molecule has 0 saturated heterocycles. The Bertz CT molecular complexity index is 895. The number of esters is 1. The molecule has 0 bridgehead atoms. The number of para-hydroxylation sites is 2. The fraction of sp³-hybridized carbons (Fsp3) is 0.318. The lowest BCUT2D eigenvalue weighted by Gasteiger charge is -2.28. The molecular weight excluding hydrogens is 370 g/mol. The summed E-state index contributed by atoms with van der Waals surface area (Å²) in [6.07, 6.45) is 1.00. The first kappa shape index (κ1) is 20.4. The van der Waals surface area contributed by atoms with Crippen LogP contribution in [0.4, 0.5) is 17.1 Å². The molecule has 0 fully saturated rings. The van der Waals surface area contributed by atoms with E-state index in [-0.39, 0.29) is 36.8 Å². The van der Waals surface area contributed by atoms with Crippen molar-refractivity contribution in [2.24, 2.45) is 0 Å². The predicted octanol–water partition coefficient (Wildman–Crippen LogP) is 3.43. The molecule has 3 rings (SSSR count). The number of fused-ring (bicyclic) bond motifs is 1. The van der Waals surface area contributed by atoms with Gasteiger partial charge in [-0.3, -0.25) is 9.59 Å². The topological polar surface area (TPSA) is 87.7 Å². The summed E-state index contributed by atoms with van der Waals surface area (Å²) in [7, 11) is 0. The number of hydrogen-bond donors (Lipinski definition) is 2.